The minimum atomic E-state index is -0.763. The summed E-state index contributed by atoms with van der Waals surface area (Å²) in [5.41, 5.74) is 4.19. The number of rotatable bonds is 13. The topological polar surface area (TPSA) is 133 Å². The van der Waals surface area contributed by atoms with Crippen molar-refractivity contribution in [1.29, 1.82) is 0 Å². The number of ether oxygens (including phenoxy) is 2. The number of carbonyl (C=O) groups is 2. The molecule has 0 aliphatic carbocycles. The molecule has 0 saturated heterocycles. The van der Waals surface area contributed by atoms with Crippen LogP contribution in [0.15, 0.2) is 102 Å². The number of aryl methyl sites for hydroxylation is 1. The van der Waals surface area contributed by atoms with Crippen molar-refractivity contribution in [3.63, 3.8) is 0 Å². The fourth-order valence-corrected chi connectivity index (χ4v) is 6.13. The Labute approximate surface area is 276 Å². The number of hydrogen-bond acceptors (Lipinski definition) is 8. The Kier molecular flexibility index (Phi) is 10.7. The normalized spacial score (nSPS) is 11.5. The van der Waals surface area contributed by atoms with E-state index in [-0.39, 0.29) is 29.9 Å². The van der Waals surface area contributed by atoms with Gasteiger partial charge in [0.15, 0.2) is 0 Å². The number of aromatic nitrogens is 1. The molecule has 11 heteroatoms. The van der Waals surface area contributed by atoms with Crippen molar-refractivity contribution in [2.45, 2.75) is 30.9 Å². The van der Waals surface area contributed by atoms with Gasteiger partial charge in [-0.1, -0.05) is 54.6 Å². The minimum Gasteiger partial charge on any atom is -0.496 e. The Morgan fingerprint density at radius 1 is 0.979 bits per heavy atom. The number of nitrogens with one attached hydrogen (secondary N) is 2. The summed E-state index contributed by atoms with van der Waals surface area (Å²) >= 11 is 1.36. The molecule has 5 rings (SSSR count). The highest BCUT2D eigenvalue weighted by molar-refractivity contribution is 8.00. The first-order valence-electron chi connectivity index (χ1n) is 14.9. The number of likely N-dealkylation sites (N-methyl/N-ethyl adjacent to an activating group) is 1. The van der Waals surface area contributed by atoms with Crippen LogP contribution in [-0.2, 0) is 22.6 Å². The summed E-state index contributed by atoms with van der Waals surface area (Å²) in [7, 11) is 3.14. The van der Waals surface area contributed by atoms with E-state index >= 15 is 0 Å². The van der Waals surface area contributed by atoms with Gasteiger partial charge in [0.1, 0.15) is 24.1 Å². The Balaban J connectivity index is 1.35. The molecular formula is C36H34N4O6S. The molecule has 0 fully saturated rings. The number of thioether (sulfide) groups is 1. The second-order valence-electron chi connectivity index (χ2n) is 10.8. The van der Waals surface area contributed by atoms with Crippen LogP contribution in [0, 0.1) is 17.0 Å². The van der Waals surface area contributed by atoms with Gasteiger partial charge in [0.05, 0.1) is 24.0 Å². The molecule has 47 heavy (non-hydrogen) atoms. The molecule has 0 aliphatic rings. The fourth-order valence-electron chi connectivity index (χ4n) is 5.22. The number of pyridine rings is 1. The van der Waals surface area contributed by atoms with Gasteiger partial charge in [-0.05, 0) is 52.6 Å². The SMILES string of the molecule is CNC(=O)[C@H](Cc1ccc(C)c(OC)c1)NC(=O)CSc1ccc2ccccc2c1-c1cncc(OCc2cccc([N+](=O)[O-])c2)c1. The summed E-state index contributed by atoms with van der Waals surface area (Å²) in [6.07, 6.45) is 3.64. The zero-order chi connectivity index (χ0) is 33.3. The van der Waals surface area contributed by atoms with Crippen molar-refractivity contribution >= 4 is 40.0 Å². The standard InChI is InChI=1S/C36H34N4O6S/c1-23-11-12-24(17-32(23)45-3)16-31(36(42)37-2)39-34(41)22-47-33-14-13-26-8-4-5-10-30(26)35(33)27-18-29(20-38-19-27)46-21-25-7-6-9-28(15-25)40(43)44/h4-15,17-20,31H,16,21-22H2,1-3H3,(H,37,42)(H,39,41)/t31-/m0/s1. The van der Waals surface area contributed by atoms with Gasteiger partial charge in [0.25, 0.3) is 5.69 Å². The molecule has 5 aromatic rings. The Hall–Kier alpha value is -5.42. The zero-order valence-corrected chi connectivity index (χ0v) is 27.0. The van der Waals surface area contributed by atoms with Gasteiger partial charge >= 0.3 is 0 Å². The molecule has 0 bridgehead atoms. The quantitative estimate of drug-likeness (QED) is 0.0866. The van der Waals surface area contributed by atoms with E-state index in [4.69, 9.17) is 9.47 Å². The molecule has 10 nitrogen and oxygen atoms in total. The van der Waals surface area contributed by atoms with Crippen LogP contribution in [0.1, 0.15) is 16.7 Å². The number of methoxy groups -OCH3 is 1. The predicted octanol–water partition coefficient (Wildman–Crippen LogP) is 6.27. The number of nitro groups is 1. The monoisotopic (exact) mass is 650 g/mol. The first kappa shape index (κ1) is 33.0. The minimum absolute atomic E-state index is 0.00328. The molecule has 0 saturated carbocycles. The number of nitro benzene ring substituents is 1. The van der Waals surface area contributed by atoms with Gasteiger partial charge in [-0.25, -0.2) is 0 Å². The molecule has 2 N–H and O–H groups in total. The first-order valence-corrected chi connectivity index (χ1v) is 15.8. The summed E-state index contributed by atoms with van der Waals surface area (Å²) in [5.74, 6) is 0.719. The highest BCUT2D eigenvalue weighted by Gasteiger charge is 2.22. The van der Waals surface area contributed by atoms with Crippen LogP contribution < -0.4 is 20.1 Å². The molecule has 0 aliphatic heterocycles. The highest BCUT2D eigenvalue weighted by Crippen LogP contribution is 2.38. The number of non-ortho nitro benzene ring substituents is 1. The average Bonchev–Trinajstić information content (AvgIpc) is 3.09. The van der Waals surface area contributed by atoms with Gasteiger partial charge < -0.3 is 20.1 Å². The maximum atomic E-state index is 13.3. The summed E-state index contributed by atoms with van der Waals surface area (Å²) in [5, 5.41) is 18.7. The van der Waals surface area contributed by atoms with E-state index in [9.17, 15) is 19.7 Å². The zero-order valence-electron chi connectivity index (χ0n) is 26.2. The third-order valence-electron chi connectivity index (χ3n) is 7.59. The van der Waals surface area contributed by atoms with Gasteiger partial charge in [0.2, 0.25) is 11.8 Å². The average molecular weight is 651 g/mol. The molecule has 240 valence electrons. The van der Waals surface area contributed by atoms with E-state index in [1.54, 1.807) is 38.7 Å². The molecule has 1 aromatic heterocycles. The largest absolute Gasteiger partial charge is 0.496 e. The molecule has 2 amide bonds. The van der Waals surface area contributed by atoms with Crippen molar-refractivity contribution in [3.8, 4) is 22.6 Å². The van der Waals surface area contributed by atoms with Gasteiger partial charge in [0, 0.05) is 47.8 Å². The van der Waals surface area contributed by atoms with Gasteiger partial charge in [-0.3, -0.25) is 24.7 Å². The molecule has 0 unspecified atom stereocenters. The van der Waals surface area contributed by atoms with Crippen molar-refractivity contribution in [1.82, 2.24) is 15.6 Å². The van der Waals surface area contributed by atoms with E-state index in [0.717, 1.165) is 43.7 Å². The molecule has 1 heterocycles. The van der Waals surface area contributed by atoms with Crippen LogP contribution in [0.4, 0.5) is 5.69 Å². The van der Waals surface area contributed by atoms with Crippen LogP contribution >= 0.6 is 11.8 Å². The number of benzene rings is 4. The molecule has 4 aromatic carbocycles. The predicted molar refractivity (Wildman–Crippen MR) is 183 cm³/mol. The van der Waals surface area contributed by atoms with Crippen molar-refractivity contribution in [2.75, 3.05) is 19.9 Å². The van der Waals surface area contributed by atoms with Gasteiger partial charge in [-0.15, -0.1) is 11.8 Å². The third-order valence-corrected chi connectivity index (χ3v) is 8.65. The lowest BCUT2D eigenvalue weighted by molar-refractivity contribution is -0.384. The van der Waals surface area contributed by atoms with E-state index in [0.29, 0.717) is 17.7 Å². The molecule has 1 atom stereocenters. The summed E-state index contributed by atoms with van der Waals surface area (Å²) in [4.78, 5) is 42.0. The summed E-state index contributed by atoms with van der Waals surface area (Å²) in [6.45, 7) is 2.07. The Morgan fingerprint density at radius 3 is 2.60 bits per heavy atom. The fraction of sp³-hybridized carbons (Fsp3) is 0.194. The number of fused-ring (bicyclic) bond motifs is 1. The maximum absolute atomic E-state index is 13.3. The second-order valence-corrected chi connectivity index (χ2v) is 11.8. The lowest BCUT2D eigenvalue weighted by Gasteiger charge is -2.19. The summed E-state index contributed by atoms with van der Waals surface area (Å²) < 4.78 is 11.4. The van der Waals surface area contributed by atoms with Crippen molar-refractivity contribution in [3.05, 3.63) is 124 Å². The second kappa shape index (κ2) is 15.2. The molecule has 0 spiro atoms. The van der Waals surface area contributed by atoms with Crippen LogP contribution in [0.25, 0.3) is 21.9 Å². The van der Waals surface area contributed by atoms with Crippen LogP contribution in [0.5, 0.6) is 11.5 Å². The van der Waals surface area contributed by atoms with Crippen molar-refractivity contribution < 1.29 is 24.0 Å². The Morgan fingerprint density at radius 2 is 1.81 bits per heavy atom. The van der Waals surface area contributed by atoms with Crippen molar-refractivity contribution in [2.24, 2.45) is 0 Å². The Bertz CT molecular complexity index is 1930. The first-order chi connectivity index (χ1) is 22.7. The van der Waals surface area contributed by atoms with E-state index in [1.807, 2.05) is 67.6 Å². The number of amides is 2. The van der Waals surface area contributed by atoms with Crippen LogP contribution in [0.3, 0.4) is 0 Å². The number of hydrogen-bond donors (Lipinski definition) is 2. The van der Waals surface area contributed by atoms with E-state index < -0.39 is 11.0 Å². The third kappa shape index (κ3) is 8.25. The molecule has 0 radical (unpaired) electrons. The highest BCUT2D eigenvalue weighted by atomic mass is 32.2. The van der Waals surface area contributed by atoms with Crippen LogP contribution in [0.2, 0.25) is 0 Å². The van der Waals surface area contributed by atoms with Gasteiger partial charge in [-0.2, -0.15) is 0 Å². The van der Waals surface area contributed by atoms with E-state index in [2.05, 4.69) is 15.6 Å². The van der Waals surface area contributed by atoms with Crippen LogP contribution in [-0.4, -0.2) is 47.7 Å². The van der Waals surface area contributed by atoms with E-state index in [1.165, 1.54) is 23.9 Å². The molecular weight excluding hydrogens is 616 g/mol. The lowest BCUT2D eigenvalue weighted by atomic mass is 9.99. The summed E-state index contributed by atoms with van der Waals surface area (Å²) in [6, 6.07) is 25.1. The maximum Gasteiger partial charge on any atom is 0.269 e. The smallest absolute Gasteiger partial charge is 0.269 e. The number of carbonyl (C=O) groups excluding carboxylic acids is 2. The number of nitrogens with zero attached hydrogens (tertiary/aromatic N) is 2. The lowest BCUT2D eigenvalue weighted by Crippen LogP contribution is -2.47.